The molecule has 2 aliphatic rings. The van der Waals surface area contributed by atoms with Gasteiger partial charge in [-0.3, -0.25) is 9.89 Å². The molecule has 2 aromatic carbocycles. The number of nitrogens with zero attached hydrogens (tertiary/aromatic N) is 4. The molecule has 0 aromatic heterocycles. The number of hydrogen-bond acceptors (Lipinski definition) is 4. The molecule has 4 rings (SSSR count). The second kappa shape index (κ2) is 7.28. The van der Waals surface area contributed by atoms with Crippen molar-refractivity contribution in [3.8, 4) is 0 Å². The summed E-state index contributed by atoms with van der Waals surface area (Å²) in [5, 5.41) is 0. The highest BCUT2D eigenvalue weighted by Gasteiger charge is 2.24. The smallest absolute Gasteiger partial charge is 0.133 e. The largest absolute Gasteiger partial charge is 0.372 e. The van der Waals surface area contributed by atoms with Gasteiger partial charge in [0.1, 0.15) is 5.84 Å². The van der Waals surface area contributed by atoms with E-state index in [1.165, 1.54) is 22.6 Å². The Hall–Kier alpha value is -2.33. The summed E-state index contributed by atoms with van der Waals surface area (Å²) in [4.78, 5) is 12.3. The predicted octanol–water partition coefficient (Wildman–Crippen LogP) is 2.70. The third kappa shape index (κ3) is 3.54. The summed E-state index contributed by atoms with van der Waals surface area (Å²) in [6.07, 6.45) is 0. The van der Waals surface area contributed by atoms with Crippen LogP contribution in [0.1, 0.15) is 11.1 Å². The zero-order valence-corrected chi connectivity index (χ0v) is 14.9. The first kappa shape index (κ1) is 16.2. The second-order valence-corrected chi connectivity index (χ2v) is 6.89. The minimum atomic E-state index is 0.866. The maximum Gasteiger partial charge on any atom is 0.133 e. The number of benzodiazepines with no additional fused rings is 1. The Kier molecular flexibility index (Phi) is 4.70. The molecule has 0 N–H and O–H groups in total. The molecule has 1 fully saturated rings. The molecule has 4 nitrogen and oxygen atoms in total. The van der Waals surface area contributed by atoms with E-state index >= 15 is 0 Å². The van der Waals surface area contributed by atoms with E-state index in [9.17, 15) is 0 Å². The van der Waals surface area contributed by atoms with Crippen LogP contribution in [0.5, 0.6) is 0 Å². The van der Waals surface area contributed by atoms with Crippen molar-refractivity contribution in [1.29, 1.82) is 0 Å². The van der Waals surface area contributed by atoms with Gasteiger partial charge in [-0.25, -0.2) is 0 Å². The van der Waals surface area contributed by atoms with E-state index in [4.69, 9.17) is 4.99 Å². The lowest BCUT2D eigenvalue weighted by Crippen LogP contribution is -2.48. The highest BCUT2D eigenvalue weighted by atomic mass is 15.3. The highest BCUT2D eigenvalue weighted by molar-refractivity contribution is 6.04. The lowest BCUT2D eigenvalue weighted by molar-refractivity contribution is 0.175. The number of amidine groups is 1. The predicted molar refractivity (Wildman–Crippen MR) is 104 cm³/mol. The van der Waals surface area contributed by atoms with Crippen molar-refractivity contribution in [2.45, 2.75) is 6.54 Å². The van der Waals surface area contributed by atoms with Crippen LogP contribution in [0.4, 0.5) is 5.69 Å². The minimum absolute atomic E-state index is 0.866. The Morgan fingerprint density at radius 1 is 0.840 bits per heavy atom. The third-order valence-corrected chi connectivity index (χ3v) is 5.17. The van der Waals surface area contributed by atoms with Crippen molar-refractivity contribution in [1.82, 2.24) is 9.80 Å². The average molecular weight is 334 g/mol. The van der Waals surface area contributed by atoms with Gasteiger partial charge >= 0.3 is 0 Å². The molecule has 0 radical (unpaired) electrons. The van der Waals surface area contributed by atoms with Gasteiger partial charge in [0.25, 0.3) is 0 Å². The molecule has 0 atom stereocenters. The van der Waals surface area contributed by atoms with E-state index in [1.54, 1.807) is 0 Å². The molecule has 1 saturated heterocycles. The summed E-state index contributed by atoms with van der Waals surface area (Å²) in [5.74, 6) is 1.18. The maximum atomic E-state index is 4.93. The van der Waals surface area contributed by atoms with Crippen molar-refractivity contribution < 1.29 is 0 Å². The molecule has 0 aliphatic carbocycles. The quantitative estimate of drug-likeness (QED) is 0.843. The van der Waals surface area contributed by atoms with Crippen molar-refractivity contribution in [2.75, 3.05) is 51.2 Å². The first-order chi connectivity index (χ1) is 12.3. The van der Waals surface area contributed by atoms with Crippen LogP contribution in [0, 0.1) is 0 Å². The Labute approximate surface area is 150 Å². The molecule has 2 heterocycles. The van der Waals surface area contributed by atoms with E-state index in [1.807, 2.05) is 0 Å². The number of fused-ring (bicyclic) bond motifs is 1. The van der Waals surface area contributed by atoms with Crippen molar-refractivity contribution >= 4 is 11.5 Å². The fourth-order valence-corrected chi connectivity index (χ4v) is 3.74. The zero-order valence-electron chi connectivity index (χ0n) is 14.9. The van der Waals surface area contributed by atoms with Crippen LogP contribution in [0.3, 0.4) is 0 Å². The van der Waals surface area contributed by atoms with Gasteiger partial charge in [-0.1, -0.05) is 42.5 Å². The van der Waals surface area contributed by atoms with E-state index in [2.05, 4.69) is 76.3 Å². The molecule has 0 saturated carbocycles. The number of likely N-dealkylation sites (N-methyl/N-ethyl adjacent to an activating group) is 1. The zero-order chi connectivity index (χ0) is 17.1. The summed E-state index contributed by atoms with van der Waals surface area (Å²) in [6, 6.07) is 19.4. The van der Waals surface area contributed by atoms with Crippen LogP contribution in [0.25, 0.3) is 0 Å². The number of aliphatic imine (C=N–C) groups is 1. The summed E-state index contributed by atoms with van der Waals surface area (Å²) in [5.41, 5.74) is 3.97. The lowest BCUT2D eigenvalue weighted by atomic mass is 10.1. The number of rotatable bonds is 2. The third-order valence-electron chi connectivity index (χ3n) is 5.17. The van der Waals surface area contributed by atoms with E-state index in [-0.39, 0.29) is 0 Å². The van der Waals surface area contributed by atoms with Gasteiger partial charge in [0.2, 0.25) is 0 Å². The summed E-state index contributed by atoms with van der Waals surface area (Å²) >= 11 is 0. The maximum absolute atomic E-state index is 4.93. The van der Waals surface area contributed by atoms with Crippen LogP contribution in [0.15, 0.2) is 59.6 Å². The molecule has 0 spiro atoms. The summed E-state index contributed by atoms with van der Waals surface area (Å²) < 4.78 is 0. The van der Waals surface area contributed by atoms with Gasteiger partial charge in [0, 0.05) is 57.6 Å². The van der Waals surface area contributed by atoms with Crippen LogP contribution < -0.4 is 4.90 Å². The number of anilines is 1. The average Bonchev–Trinajstić information content (AvgIpc) is 2.83. The first-order valence-corrected chi connectivity index (χ1v) is 9.17. The van der Waals surface area contributed by atoms with Crippen LogP contribution in [0.2, 0.25) is 0 Å². The standard InChI is InChI=1S/C21H26N4/c1-23-12-11-22-21(19-9-5-6-10-20(19)23)25-15-13-24(14-16-25)17-18-7-3-2-4-8-18/h2-10H,11-17H2,1H3. The number of para-hydroxylation sites is 1. The lowest BCUT2D eigenvalue weighted by Gasteiger charge is -2.37. The SMILES string of the molecule is CN1CCN=C(N2CCN(Cc3ccccc3)CC2)c2ccccc21. The van der Waals surface area contributed by atoms with Crippen LogP contribution >= 0.6 is 0 Å². The molecule has 0 amide bonds. The van der Waals surface area contributed by atoms with Gasteiger partial charge in [0.15, 0.2) is 0 Å². The van der Waals surface area contributed by atoms with Gasteiger partial charge in [0.05, 0.1) is 6.54 Å². The van der Waals surface area contributed by atoms with Gasteiger partial charge in [-0.15, -0.1) is 0 Å². The number of hydrogen-bond donors (Lipinski definition) is 0. The molecule has 25 heavy (non-hydrogen) atoms. The van der Waals surface area contributed by atoms with E-state index in [0.29, 0.717) is 0 Å². The second-order valence-electron chi connectivity index (χ2n) is 6.89. The van der Waals surface area contributed by atoms with Gasteiger partial charge < -0.3 is 9.80 Å². The van der Waals surface area contributed by atoms with Gasteiger partial charge in [-0.2, -0.15) is 0 Å². The fourth-order valence-electron chi connectivity index (χ4n) is 3.74. The van der Waals surface area contributed by atoms with Crippen molar-refractivity contribution in [3.63, 3.8) is 0 Å². The summed E-state index contributed by atoms with van der Waals surface area (Å²) in [7, 11) is 2.16. The molecule has 4 heteroatoms. The Morgan fingerprint density at radius 2 is 1.56 bits per heavy atom. The van der Waals surface area contributed by atoms with Gasteiger partial charge in [-0.05, 0) is 17.7 Å². The Morgan fingerprint density at radius 3 is 2.36 bits per heavy atom. The molecule has 0 unspecified atom stereocenters. The van der Waals surface area contributed by atoms with E-state index < -0.39 is 0 Å². The minimum Gasteiger partial charge on any atom is -0.372 e. The molecular formula is C21H26N4. The number of piperazine rings is 1. The van der Waals surface area contributed by atoms with Crippen LogP contribution in [-0.4, -0.2) is 62.0 Å². The number of benzene rings is 2. The fraction of sp³-hybridized carbons (Fsp3) is 0.381. The van der Waals surface area contributed by atoms with Crippen molar-refractivity contribution in [2.24, 2.45) is 4.99 Å². The first-order valence-electron chi connectivity index (χ1n) is 9.17. The van der Waals surface area contributed by atoms with Crippen molar-refractivity contribution in [3.05, 3.63) is 65.7 Å². The molecule has 130 valence electrons. The van der Waals surface area contributed by atoms with E-state index in [0.717, 1.165) is 45.8 Å². The summed E-state index contributed by atoms with van der Waals surface area (Å²) in [6.45, 7) is 7.16. The molecule has 2 aromatic rings. The van der Waals surface area contributed by atoms with Crippen LogP contribution in [-0.2, 0) is 6.54 Å². The Balaban J connectivity index is 1.45. The topological polar surface area (TPSA) is 22.1 Å². The Bertz CT molecular complexity index is 733. The monoisotopic (exact) mass is 334 g/mol. The molecule has 2 aliphatic heterocycles. The normalized spacial score (nSPS) is 18.5. The highest BCUT2D eigenvalue weighted by Crippen LogP contribution is 2.24. The molecule has 0 bridgehead atoms. The molecular weight excluding hydrogens is 308 g/mol.